The van der Waals surface area contributed by atoms with Crippen molar-refractivity contribution in [3.05, 3.63) is 34.4 Å². The molecule has 1 saturated carbocycles. The van der Waals surface area contributed by atoms with Gasteiger partial charge in [-0.15, -0.1) is 0 Å². The van der Waals surface area contributed by atoms with Crippen LogP contribution in [0.3, 0.4) is 0 Å². The number of carbonyl (C=O) groups is 1. The van der Waals surface area contributed by atoms with Crippen LogP contribution in [0.25, 0.3) is 0 Å². The molecule has 0 aromatic carbocycles. The van der Waals surface area contributed by atoms with Crippen LogP contribution in [0, 0.1) is 11.3 Å². The molecule has 5 nitrogen and oxygen atoms in total. The first-order valence-corrected chi connectivity index (χ1v) is 13.4. The van der Waals surface area contributed by atoms with E-state index in [4.69, 9.17) is 4.74 Å². The predicted molar refractivity (Wildman–Crippen MR) is 142 cm³/mol. The molecule has 0 aromatic heterocycles. The summed E-state index contributed by atoms with van der Waals surface area (Å²) in [6, 6.07) is 0. The van der Waals surface area contributed by atoms with Gasteiger partial charge in [-0.05, 0) is 111 Å². The molecule has 2 rings (SSSR count). The zero-order valence-electron chi connectivity index (χ0n) is 23.2. The van der Waals surface area contributed by atoms with Crippen LogP contribution in [0.2, 0.25) is 0 Å². The van der Waals surface area contributed by atoms with Gasteiger partial charge in [-0.3, -0.25) is 4.79 Å². The van der Waals surface area contributed by atoms with Crippen LogP contribution < -0.4 is 0 Å². The minimum atomic E-state index is -0.880. The Hall–Kier alpha value is -1.27. The summed E-state index contributed by atoms with van der Waals surface area (Å²) in [6.45, 7) is 14.3. The van der Waals surface area contributed by atoms with Crippen LogP contribution in [-0.4, -0.2) is 51.6 Å². The predicted octanol–water partition coefficient (Wildman–Crippen LogP) is 5.82. The monoisotopic (exact) mass is 490 g/mol. The van der Waals surface area contributed by atoms with Crippen molar-refractivity contribution in [2.45, 2.75) is 130 Å². The van der Waals surface area contributed by atoms with Crippen LogP contribution in [0.5, 0.6) is 0 Å². The van der Waals surface area contributed by atoms with E-state index in [1.807, 2.05) is 20.8 Å². The molecule has 0 aromatic rings. The van der Waals surface area contributed by atoms with E-state index >= 15 is 0 Å². The molecule has 0 amide bonds. The Balaban J connectivity index is 2.07. The van der Waals surface area contributed by atoms with Crippen molar-refractivity contribution in [3.8, 4) is 0 Å². The number of aliphatic hydroxyl groups excluding tert-OH is 2. The number of hydrogen-bond acceptors (Lipinski definition) is 5. The molecule has 1 heterocycles. The molecular weight excluding hydrogens is 440 g/mol. The summed E-state index contributed by atoms with van der Waals surface area (Å²) in [5, 5.41) is 31.9. The van der Waals surface area contributed by atoms with Gasteiger partial charge in [0.25, 0.3) is 0 Å². The molecule has 0 unspecified atom stereocenters. The average Bonchev–Trinajstić information content (AvgIpc) is 3.47. The highest BCUT2D eigenvalue weighted by Crippen LogP contribution is 2.56. The second kappa shape index (κ2) is 12.3. The van der Waals surface area contributed by atoms with E-state index in [-0.39, 0.29) is 18.6 Å². The van der Waals surface area contributed by atoms with Gasteiger partial charge < -0.3 is 20.1 Å². The second-order valence-electron chi connectivity index (χ2n) is 11.9. The second-order valence-corrected chi connectivity index (χ2v) is 11.9. The van der Waals surface area contributed by atoms with E-state index in [0.717, 1.165) is 49.5 Å². The Kier molecular flexibility index (Phi) is 10.5. The lowest BCUT2D eigenvalue weighted by Crippen LogP contribution is -2.53. The van der Waals surface area contributed by atoms with Gasteiger partial charge in [-0.25, -0.2) is 0 Å². The van der Waals surface area contributed by atoms with Gasteiger partial charge in [0.1, 0.15) is 11.9 Å². The van der Waals surface area contributed by atoms with Crippen molar-refractivity contribution in [2.75, 3.05) is 6.61 Å². The molecule has 0 bridgehead atoms. The maximum Gasteiger partial charge on any atom is 0.145 e. The molecule has 0 spiro atoms. The third-order valence-corrected chi connectivity index (χ3v) is 8.98. The molecule has 200 valence electrons. The normalized spacial score (nSPS) is 35.4. The smallest absolute Gasteiger partial charge is 0.145 e. The lowest BCUT2D eigenvalue weighted by molar-refractivity contribution is -0.116. The first-order valence-electron chi connectivity index (χ1n) is 13.4. The van der Waals surface area contributed by atoms with Crippen LogP contribution in [-0.2, 0) is 9.53 Å². The van der Waals surface area contributed by atoms with Crippen molar-refractivity contribution in [3.63, 3.8) is 0 Å². The molecular formula is C30H50O5. The van der Waals surface area contributed by atoms with E-state index in [0.29, 0.717) is 25.7 Å². The molecule has 2 fully saturated rings. The highest BCUT2D eigenvalue weighted by Gasteiger charge is 2.59. The first-order chi connectivity index (χ1) is 16.3. The van der Waals surface area contributed by atoms with Gasteiger partial charge in [0, 0.05) is 12.0 Å². The molecule has 1 aliphatic heterocycles. The number of aldehydes is 1. The zero-order valence-corrected chi connectivity index (χ0v) is 23.2. The number of allylic oxidation sites excluding steroid dienone is 5. The van der Waals surface area contributed by atoms with E-state index in [1.54, 1.807) is 0 Å². The fourth-order valence-corrected chi connectivity index (χ4v) is 5.96. The van der Waals surface area contributed by atoms with Crippen molar-refractivity contribution in [1.29, 1.82) is 0 Å². The summed E-state index contributed by atoms with van der Waals surface area (Å²) in [5.74, 6) is 0.0323. The fourth-order valence-electron chi connectivity index (χ4n) is 5.96. The molecule has 1 aliphatic carbocycles. The average molecular weight is 491 g/mol. The summed E-state index contributed by atoms with van der Waals surface area (Å²) in [7, 11) is 0. The SMILES string of the molecule is CC(C)=CCC/C(C)=C/C[C@@H](O)[C@]1(C)O[C@H]1CC[C@@]1(C)[C@H](CCCO)/C(=C(/C)C=O)CC[C@]1(C)O. The quantitative estimate of drug-likeness (QED) is 0.131. The third-order valence-electron chi connectivity index (χ3n) is 8.98. The van der Waals surface area contributed by atoms with E-state index in [2.05, 4.69) is 39.8 Å². The molecule has 5 heteroatoms. The van der Waals surface area contributed by atoms with Crippen LogP contribution in [0.1, 0.15) is 106 Å². The maximum absolute atomic E-state index is 11.6. The van der Waals surface area contributed by atoms with Gasteiger partial charge in [-0.1, -0.05) is 35.8 Å². The summed E-state index contributed by atoms with van der Waals surface area (Å²) in [6.07, 6.45) is 11.4. The van der Waals surface area contributed by atoms with Crippen LogP contribution >= 0.6 is 0 Å². The number of hydrogen-bond donors (Lipinski definition) is 3. The number of carbonyl (C=O) groups excluding carboxylic acids is 1. The summed E-state index contributed by atoms with van der Waals surface area (Å²) < 4.78 is 6.05. The minimum absolute atomic E-state index is 0.0323. The lowest BCUT2D eigenvalue weighted by Gasteiger charge is -2.53. The highest BCUT2D eigenvalue weighted by atomic mass is 16.6. The Morgan fingerprint density at radius 3 is 2.43 bits per heavy atom. The zero-order chi connectivity index (χ0) is 26.4. The molecule has 2 aliphatic rings. The number of epoxide rings is 1. The van der Waals surface area contributed by atoms with E-state index in [1.165, 1.54) is 11.1 Å². The minimum Gasteiger partial charge on any atom is -0.396 e. The number of rotatable bonds is 13. The number of aliphatic hydroxyl groups is 3. The van der Waals surface area contributed by atoms with E-state index < -0.39 is 22.7 Å². The van der Waals surface area contributed by atoms with Gasteiger partial charge in [-0.2, -0.15) is 0 Å². The maximum atomic E-state index is 11.6. The molecule has 6 atom stereocenters. The molecule has 0 radical (unpaired) electrons. The van der Waals surface area contributed by atoms with Crippen LogP contribution in [0.4, 0.5) is 0 Å². The van der Waals surface area contributed by atoms with Gasteiger partial charge in [0.2, 0.25) is 0 Å². The summed E-state index contributed by atoms with van der Waals surface area (Å²) in [5.41, 5.74) is 2.59. The highest BCUT2D eigenvalue weighted by molar-refractivity contribution is 5.74. The molecule has 1 saturated heterocycles. The first kappa shape index (κ1) is 30.0. The Bertz CT molecular complexity index is 819. The Morgan fingerprint density at radius 2 is 1.83 bits per heavy atom. The van der Waals surface area contributed by atoms with Gasteiger partial charge in [0.15, 0.2) is 0 Å². The fraction of sp³-hybridized carbons (Fsp3) is 0.767. The van der Waals surface area contributed by atoms with Gasteiger partial charge >= 0.3 is 0 Å². The molecule has 3 N–H and O–H groups in total. The van der Waals surface area contributed by atoms with E-state index in [9.17, 15) is 20.1 Å². The lowest BCUT2D eigenvalue weighted by atomic mass is 9.54. The third kappa shape index (κ3) is 7.15. The Morgan fingerprint density at radius 1 is 1.14 bits per heavy atom. The summed E-state index contributed by atoms with van der Waals surface area (Å²) in [4.78, 5) is 11.6. The standard InChI is InChI=1S/C30H50O5/c1-21(2)10-8-11-22(3)13-14-26(33)30(7)27(35-30)16-17-28(5)25(12-9-19-31)24(23(4)20-32)15-18-29(28,6)34/h10,13,20,25-27,31,33-34H,8-9,11-12,14-19H2,1-7H3/b22-13+,24-23-/t25-,26-,27+,28+,29+,30+/m1/s1. The van der Waals surface area contributed by atoms with Crippen LogP contribution in [0.15, 0.2) is 34.4 Å². The van der Waals surface area contributed by atoms with Crippen molar-refractivity contribution < 1.29 is 24.9 Å². The molecule has 35 heavy (non-hydrogen) atoms. The summed E-state index contributed by atoms with van der Waals surface area (Å²) >= 11 is 0. The Labute approximate surface area is 213 Å². The topological polar surface area (TPSA) is 90.3 Å². The van der Waals surface area contributed by atoms with Gasteiger partial charge in [0.05, 0.1) is 17.8 Å². The van der Waals surface area contributed by atoms with Crippen molar-refractivity contribution in [1.82, 2.24) is 0 Å². The van der Waals surface area contributed by atoms with Crippen molar-refractivity contribution in [2.24, 2.45) is 11.3 Å². The largest absolute Gasteiger partial charge is 0.396 e. The number of ether oxygens (including phenoxy) is 1. The van der Waals surface area contributed by atoms with Crippen molar-refractivity contribution >= 4 is 6.29 Å².